The molecule has 0 saturated heterocycles. The van der Waals surface area contributed by atoms with E-state index in [2.05, 4.69) is 5.32 Å². The monoisotopic (exact) mass is 436 g/mol. The number of nitrogens with one attached hydrogen (secondary N) is 1. The van der Waals surface area contributed by atoms with Gasteiger partial charge in [-0.05, 0) is 42.3 Å². The van der Waals surface area contributed by atoms with Gasteiger partial charge in [-0.15, -0.1) is 0 Å². The van der Waals surface area contributed by atoms with E-state index in [1.165, 1.54) is 0 Å². The zero-order valence-electron chi connectivity index (χ0n) is 17.3. The van der Waals surface area contributed by atoms with Gasteiger partial charge in [0.2, 0.25) is 5.91 Å². The molecule has 0 spiro atoms. The predicted octanol–water partition coefficient (Wildman–Crippen LogP) is 4.63. The highest BCUT2D eigenvalue weighted by Crippen LogP contribution is 2.25. The molecule has 0 heterocycles. The van der Waals surface area contributed by atoms with Crippen molar-refractivity contribution in [1.29, 1.82) is 0 Å². The highest BCUT2D eigenvalue weighted by atomic mass is 35.5. The molecule has 0 bridgehead atoms. The van der Waals surface area contributed by atoms with Crippen LogP contribution in [0.1, 0.15) is 24.1 Å². The lowest BCUT2D eigenvalue weighted by atomic mass is 10.0. The van der Waals surface area contributed by atoms with Crippen LogP contribution < -0.4 is 10.1 Å². The van der Waals surface area contributed by atoms with Crippen molar-refractivity contribution in [3.8, 4) is 5.75 Å². The van der Waals surface area contributed by atoms with Crippen LogP contribution >= 0.6 is 11.6 Å². The maximum absolute atomic E-state index is 13.3. The number of likely N-dealkylation sites (N-methyl/N-ethyl adjacent to an activating group) is 1. The minimum absolute atomic E-state index is 0.180. The number of halogens is 1. The Morgan fingerprint density at radius 2 is 1.55 bits per heavy atom. The number of hydrogen-bond donors (Lipinski definition) is 1. The van der Waals surface area contributed by atoms with E-state index in [4.69, 9.17) is 16.3 Å². The zero-order chi connectivity index (χ0) is 22.1. The molecule has 3 rings (SSSR count). The molecule has 0 aliphatic heterocycles. The van der Waals surface area contributed by atoms with Gasteiger partial charge in [-0.1, -0.05) is 72.3 Å². The van der Waals surface area contributed by atoms with Gasteiger partial charge in [0.25, 0.3) is 5.91 Å². The van der Waals surface area contributed by atoms with Crippen LogP contribution in [0, 0.1) is 0 Å². The summed E-state index contributed by atoms with van der Waals surface area (Å²) < 4.78 is 5.69. The second kappa shape index (κ2) is 11.2. The molecule has 0 unspecified atom stereocenters. The Hall–Kier alpha value is -3.31. The Morgan fingerprint density at radius 1 is 0.935 bits per heavy atom. The van der Waals surface area contributed by atoms with Crippen molar-refractivity contribution >= 4 is 23.4 Å². The van der Waals surface area contributed by atoms with E-state index >= 15 is 0 Å². The quantitative estimate of drug-likeness (QED) is 0.532. The normalized spacial score (nSPS) is 11.4. The van der Waals surface area contributed by atoms with E-state index in [0.717, 1.165) is 11.1 Å². The Bertz CT molecular complexity index is 979. The van der Waals surface area contributed by atoms with Crippen molar-refractivity contribution in [2.45, 2.75) is 19.5 Å². The molecule has 2 amide bonds. The van der Waals surface area contributed by atoms with Gasteiger partial charge in [0.15, 0.2) is 6.61 Å². The molecular formula is C25H25ClN2O3. The lowest BCUT2D eigenvalue weighted by Gasteiger charge is -2.31. The Labute approximate surface area is 187 Å². The Morgan fingerprint density at radius 3 is 2.16 bits per heavy atom. The Kier molecular flexibility index (Phi) is 8.07. The number of benzene rings is 3. The van der Waals surface area contributed by atoms with Gasteiger partial charge in [0.05, 0.1) is 0 Å². The maximum atomic E-state index is 13.3. The minimum atomic E-state index is -0.788. The fourth-order valence-corrected chi connectivity index (χ4v) is 3.36. The summed E-state index contributed by atoms with van der Waals surface area (Å²) in [5.74, 6) is 0.0613. The molecule has 0 radical (unpaired) electrons. The van der Waals surface area contributed by atoms with Gasteiger partial charge >= 0.3 is 0 Å². The van der Waals surface area contributed by atoms with Gasteiger partial charge in [0.1, 0.15) is 11.8 Å². The van der Waals surface area contributed by atoms with Crippen LogP contribution in [0.2, 0.25) is 5.02 Å². The topological polar surface area (TPSA) is 58.6 Å². The summed E-state index contributed by atoms with van der Waals surface area (Å²) in [7, 11) is 0. The number of amides is 2. The number of rotatable bonds is 9. The number of ether oxygens (including phenoxy) is 1. The highest BCUT2D eigenvalue weighted by molar-refractivity contribution is 6.30. The van der Waals surface area contributed by atoms with Crippen LogP contribution in [-0.2, 0) is 16.1 Å². The molecule has 0 aliphatic rings. The van der Waals surface area contributed by atoms with Crippen LogP contribution in [-0.4, -0.2) is 29.9 Å². The van der Waals surface area contributed by atoms with Gasteiger partial charge in [-0.2, -0.15) is 0 Å². The SMILES string of the molecule is CCNC(=O)[C@H](c1ccccc1)N(Cc1ccc(Cl)cc1)C(=O)COc1ccccc1. The van der Waals surface area contributed by atoms with E-state index in [-0.39, 0.29) is 25.0 Å². The third-order valence-electron chi connectivity index (χ3n) is 4.72. The fourth-order valence-electron chi connectivity index (χ4n) is 3.23. The molecule has 1 atom stereocenters. The first-order chi connectivity index (χ1) is 15.1. The highest BCUT2D eigenvalue weighted by Gasteiger charge is 2.31. The van der Waals surface area contributed by atoms with Gasteiger partial charge in [-0.3, -0.25) is 9.59 Å². The summed E-state index contributed by atoms with van der Waals surface area (Å²) in [5.41, 5.74) is 1.60. The van der Waals surface area contributed by atoms with Crippen molar-refractivity contribution in [3.05, 3.63) is 101 Å². The molecule has 0 fully saturated rings. The molecule has 3 aromatic rings. The molecule has 5 nitrogen and oxygen atoms in total. The Balaban J connectivity index is 1.91. The summed E-state index contributed by atoms with van der Waals surface area (Å²) in [4.78, 5) is 27.9. The van der Waals surface area contributed by atoms with Crippen molar-refractivity contribution < 1.29 is 14.3 Å². The average molecular weight is 437 g/mol. The fraction of sp³-hybridized carbons (Fsp3) is 0.200. The number of hydrogen-bond acceptors (Lipinski definition) is 3. The van der Waals surface area contributed by atoms with E-state index < -0.39 is 6.04 Å². The molecule has 6 heteroatoms. The van der Waals surface area contributed by atoms with Crippen molar-refractivity contribution in [2.75, 3.05) is 13.2 Å². The second-order valence-corrected chi connectivity index (χ2v) is 7.39. The van der Waals surface area contributed by atoms with E-state index in [1.54, 1.807) is 29.2 Å². The lowest BCUT2D eigenvalue weighted by molar-refractivity contribution is -0.143. The van der Waals surface area contributed by atoms with E-state index in [9.17, 15) is 9.59 Å². The smallest absolute Gasteiger partial charge is 0.261 e. The summed E-state index contributed by atoms with van der Waals surface area (Å²) in [6.45, 7) is 2.38. The van der Waals surface area contributed by atoms with Crippen LogP contribution in [0.4, 0.5) is 0 Å². The van der Waals surface area contributed by atoms with Crippen molar-refractivity contribution in [1.82, 2.24) is 10.2 Å². The first-order valence-corrected chi connectivity index (χ1v) is 10.5. The largest absolute Gasteiger partial charge is 0.484 e. The van der Waals surface area contributed by atoms with Crippen molar-refractivity contribution in [2.24, 2.45) is 0 Å². The first kappa shape index (κ1) is 22.4. The summed E-state index contributed by atoms with van der Waals surface area (Å²) >= 11 is 6.01. The summed E-state index contributed by atoms with van der Waals surface area (Å²) in [5, 5.41) is 3.46. The average Bonchev–Trinajstić information content (AvgIpc) is 2.80. The predicted molar refractivity (Wildman–Crippen MR) is 122 cm³/mol. The molecule has 3 aromatic carbocycles. The second-order valence-electron chi connectivity index (χ2n) is 6.96. The van der Waals surface area contributed by atoms with Gasteiger partial charge in [0, 0.05) is 18.1 Å². The van der Waals surface area contributed by atoms with Gasteiger partial charge < -0.3 is 15.0 Å². The summed E-state index contributed by atoms with van der Waals surface area (Å²) in [6.07, 6.45) is 0. The van der Waals surface area contributed by atoms with Crippen LogP contribution in [0.5, 0.6) is 5.75 Å². The van der Waals surface area contributed by atoms with Crippen LogP contribution in [0.25, 0.3) is 0 Å². The van der Waals surface area contributed by atoms with Crippen molar-refractivity contribution in [3.63, 3.8) is 0 Å². The standard InChI is InChI=1S/C25H25ClN2O3/c1-2-27-25(30)24(20-9-5-3-6-10-20)28(17-19-13-15-21(26)16-14-19)23(29)18-31-22-11-7-4-8-12-22/h3-16,24H,2,17-18H2,1H3,(H,27,30)/t24-/m0/s1. The molecule has 31 heavy (non-hydrogen) atoms. The number of carbonyl (C=O) groups excluding carboxylic acids is 2. The van der Waals surface area contributed by atoms with Gasteiger partial charge in [-0.25, -0.2) is 0 Å². The van der Waals surface area contributed by atoms with E-state index in [0.29, 0.717) is 17.3 Å². The first-order valence-electron chi connectivity index (χ1n) is 10.1. The summed E-state index contributed by atoms with van der Waals surface area (Å²) in [6, 6.07) is 24.9. The van der Waals surface area contributed by atoms with E-state index in [1.807, 2.05) is 67.6 Å². The minimum Gasteiger partial charge on any atom is -0.484 e. The number of nitrogens with zero attached hydrogens (tertiary/aromatic N) is 1. The molecule has 0 saturated carbocycles. The third-order valence-corrected chi connectivity index (χ3v) is 4.97. The zero-order valence-corrected chi connectivity index (χ0v) is 18.1. The third kappa shape index (κ3) is 6.33. The molecule has 160 valence electrons. The maximum Gasteiger partial charge on any atom is 0.261 e. The van der Waals surface area contributed by atoms with Crippen LogP contribution in [0.15, 0.2) is 84.9 Å². The number of carbonyl (C=O) groups is 2. The molecule has 1 N–H and O–H groups in total. The molecule has 0 aromatic heterocycles. The lowest BCUT2D eigenvalue weighted by Crippen LogP contribution is -2.45. The number of para-hydroxylation sites is 1. The molecular weight excluding hydrogens is 412 g/mol. The van der Waals surface area contributed by atoms with Crippen LogP contribution in [0.3, 0.4) is 0 Å². The molecule has 0 aliphatic carbocycles.